The molecule has 1 unspecified atom stereocenters. The van der Waals surface area contributed by atoms with Crippen molar-refractivity contribution in [2.24, 2.45) is 0 Å². The lowest BCUT2D eigenvalue weighted by Gasteiger charge is -2.41. The summed E-state index contributed by atoms with van der Waals surface area (Å²) in [5.41, 5.74) is 3.02. The smallest absolute Gasteiger partial charge is 0.0417 e. The molecule has 1 fully saturated rings. The Morgan fingerprint density at radius 2 is 1.80 bits per heavy atom. The van der Waals surface area contributed by atoms with Crippen molar-refractivity contribution in [1.82, 2.24) is 5.32 Å². The van der Waals surface area contributed by atoms with Gasteiger partial charge in [0.15, 0.2) is 0 Å². The summed E-state index contributed by atoms with van der Waals surface area (Å²) in [5, 5.41) is 3.65. The maximum atomic E-state index is 3.65. The average Bonchev–Trinajstić information content (AvgIpc) is 2.77. The molecule has 1 heterocycles. The number of para-hydroxylation sites is 1. The SMILES string of the molecule is CCNC1CCN(C2CCCCCC2)c2ccccc21. The van der Waals surface area contributed by atoms with Crippen LogP contribution in [-0.4, -0.2) is 19.1 Å². The first kappa shape index (κ1) is 13.9. The van der Waals surface area contributed by atoms with Gasteiger partial charge in [0.05, 0.1) is 0 Å². The molecule has 1 aliphatic heterocycles. The molecule has 0 bridgehead atoms. The molecule has 2 heteroatoms. The number of hydrogen-bond donors (Lipinski definition) is 1. The number of rotatable bonds is 3. The fourth-order valence-corrected chi connectivity index (χ4v) is 4.00. The summed E-state index contributed by atoms with van der Waals surface area (Å²) in [6, 6.07) is 10.4. The number of nitrogens with one attached hydrogen (secondary N) is 1. The molecule has 0 aromatic heterocycles. The molecule has 0 spiro atoms. The Bertz CT molecular complexity index is 421. The predicted octanol–water partition coefficient (Wildman–Crippen LogP) is 4.27. The molecular formula is C18H28N2. The third-order valence-electron chi connectivity index (χ3n) is 5.00. The van der Waals surface area contributed by atoms with E-state index in [1.54, 1.807) is 0 Å². The van der Waals surface area contributed by atoms with Crippen molar-refractivity contribution >= 4 is 5.69 Å². The highest BCUT2D eigenvalue weighted by molar-refractivity contribution is 5.57. The summed E-state index contributed by atoms with van der Waals surface area (Å²) < 4.78 is 0. The van der Waals surface area contributed by atoms with Gasteiger partial charge in [0.25, 0.3) is 0 Å². The molecule has 1 N–H and O–H groups in total. The summed E-state index contributed by atoms with van der Waals surface area (Å²) in [5.74, 6) is 0. The van der Waals surface area contributed by atoms with Gasteiger partial charge in [-0.05, 0) is 37.4 Å². The van der Waals surface area contributed by atoms with Crippen LogP contribution in [0.4, 0.5) is 5.69 Å². The van der Waals surface area contributed by atoms with Crippen molar-refractivity contribution in [2.45, 2.75) is 64.0 Å². The molecule has 1 atom stereocenters. The van der Waals surface area contributed by atoms with E-state index < -0.39 is 0 Å². The minimum Gasteiger partial charge on any atom is -0.368 e. The van der Waals surface area contributed by atoms with Gasteiger partial charge in [0.2, 0.25) is 0 Å². The summed E-state index contributed by atoms with van der Waals surface area (Å²) in [6.07, 6.45) is 9.74. The van der Waals surface area contributed by atoms with Crippen LogP contribution in [0.3, 0.4) is 0 Å². The second-order valence-electron chi connectivity index (χ2n) is 6.30. The number of anilines is 1. The molecule has 1 saturated carbocycles. The number of benzene rings is 1. The van der Waals surface area contributed by atoms with E-state index in [9.17, 15) is 0 Å². The van der Waals surface area contributed by atoms with E-state index in [0.29, 0.717) is 6.04 Å². The van der Waals surface area contributed by atoms with E-state index in [4.69, 9.17) is 0 Å². The van der Waals surface area contributed by atoms with Crippen molar-refractivity contribution < 1.29 is 0 Å². The second-order valence-corrected chi connectivity index (χ2v) is 6.30. The van der Waals surface area contributed by atoms with Crippen LogP contribution < -0.4 is 10.2 Å². The van der Waals surface area contributed by atoms with Gasteiger partial charge in [-0.1, -0.05) is 50.8 Å². The molecule has 0 saturated heterocycles. The van der Waals surface area contributed by atoms with Crippen LogP contribution in [0.25, 0.3) is 0 Å². The van der Waals surface area contributed by atoms with Crippen LogP contribution in [-0.2, 0) is 0 Å². The Balaban J connectivity index is 1.84. The van der Waals surface area contributed by atoms with Gasteiger partial charge in [-0.3, -0.25) is 0 Å². The van der Waals surface area contributed by atoms with Gasteiger partial charge in [-0.15, -0.1) is 0 Å². The maximum absolute atomic E-state index is 3.65. The van der Waals surface area contributed by atoms with Crippen molar-refractivity contribution in [3.8, 4) is 0 Å². The Morgan fingerprint density at radius 3 is 2.55 bits per heavy atom. The summed E-state index contributed by atoms with van der Waals surface area (Å²) in [6.45, 7) is 4.49. The highest BCUT2D eigenvalue weighted by Gasteiger charge is 2.28. The zero-order chi connectivity index (χ0) is 13.8. The molecule has 110 valence electrons. The largest absolute Gasteiger partial charge is 0.368 e. The molecule has 1 aliphatic carbocycles. The lowest BCUT2D eigenvalue weighted by atomic mass is 9.93. The number of fused-ring (bicyclic) bond motifs is 1. The predicted molar refractivity (Wildman–Crippen MR) is 86.3 cm³/mol. The van der Waals surface area contributed by atoms with Crippen LogP contribution in [0.15, 0.2) is 24.3 Å². The second kappa shape index (κ2) is 6.62. The van der Waals surface area contributed by atoms with Gasteiger partial charge in [0, 0.05) is 24.3 Å². The molecule has 3 rings (SSSR count). The van der Waals surface area contributed by atoms with Gasteiger partial charge in [-0.2, -0.15) is 0 Å². The third kappa shape index (κ3) is 2.85. The van der Waals surface area contributed by atoms with Crippen LogP contribution >= 0.6 is 0 Å². The van der Waals surface area contributed by atoms with Gasteiger partial charge in [-0.25, -0.2) is 0 Å². The average molecular weight is 272 g/mol. The minimum absolute atomic E-state index is 0.554. The first-order chi connectivity index (χ1) is 9.90. The van der Waals surface area contributed by atoms with E-state index in [-0.39, 0.29) is 0 Å². The molecule has 0 amide bonds. The van der Waals surface area contributed by atoms with Crippen LogP contribution in [0, 0.1) is 0 Å². The number of nitrogens with zero attached hydrogens (tertiary/aromatic N) is 1. The third-order valence-corrected chi connectivity index (χ3v) is 5.00. The van der Waals surface area contributed by atoms with Crippen LogP contribution in [0.1, 0.15) is 63.5 Å². The number of hydrogen-bond acceptors (Lipinski definition) is 2. The Morgan fingerprint density at radius 1 is 1.05 bits per heavy atom. The summed E-state index contributed by atoms with van der Waals surface area (Å²) in [4.78, 5) is 2.72. The molecule has 1 aromatic rings. The molecular weight excluding hydrogens is 244 g/mol. The molecule has 2 aliphatic rings. The summed E-state index contributed by atoms with van der Waals surface area (Å²) in [7, 11) is 0. The van der Waals surface area contributed by atoms with Crippen LogP contribution in [0.5, 0.6) is 0 Å². The van der Waals surface area contributed by atoms with Crippen molar-refractivity contribution in [3.05, 3.63) is 29.8 Å². The zero-order valence-electron chi connectivity index (χ0n) is 12.8. The Kier molecular flexibility index (Phi) is 4.62. The fraction of sp³-hybridized carbons (Fsp3) is 0.667. The lowest BCUT2D eigenvalue weighted by Crippen LogP contribution is -2.42. The normalized spacial score (nSPS) is 24.2. The summed E-state index contributed by atoms with van der Waals surface area (Å²) >= 11 is 0. The van der Waals surface area contributed by atoms with Crippen LogP contribution in [0.2, 0.25) is 0 Å². The molecule has 2 nitrogen and oxygen atoms in total. The van der Waals surface area contributed by atoms with E-state index in [2.05, 4.69) is 41.4 Å². The van der Waals surface area contributed by atoms with Crippen molar-refractivity contribution in [2.75, 3.05) is 18.0 Å². The quantitative estimate of drug-likeness (QED) is 0.827. The molecule has 0 radical (unpaired) electrons. The van der Waals surface area contributed by atoms with Crippen molar-refractivity contribution in [3.63, 3.8) is 0 Å². The standard InChI is InChI=1S/C18H28N2/c1-2-19-17-13-14-20(15-9-5-3-4-6-10-15)18-12-8-7-11-16(17)18/h7-8,11-12,15,17,19H,2-6,9-10,13-14H2,1H3. The van der Waals surface area contributed by atoms with E-state index in [1.807, 2.05) is 0 Å². The zero-order valence-corrected chi connectivity index (χ0v) is 12.8. The monoisotopic (exact) mass is 272 g/mol. The van der Waals surface area contributed by atoms with E-state index in [1.165, 1.54) is 62.7 Å². The first-order valence-corrected chi connectivity index (χ1v) is 8.49. The minimum atomic E-state index is 0.554. The van der Waals surface area contributed by atoms with E-state index in [0.717, 1.165) is 12.6 Å². The Labute approximate surface area is 123 Å². The highest BCUT2D eigenvalue weighted by atomic mass is 15.2. The highest BCUT2D eigenvalue weighted by Crippen LogP contribution is 2.37. The van der Waals surface area contributed by atoms with Gasteiger partial charge < -0.3 is 10.2 Å². The molecule has 20 heavy (non-hydrogen) atoms. The lowest BCUT2D eigenvalue weighted by molar-refractivity contribution is 0.445. The van der Waals surface area contributed by atoms with E-state index >= 15 is 0 Å². The topological polar surface area (TPSA) is 15.3 Å². The maximum Gasteiger partial charge on any atom is 0.0417 e. The fourth-order valence-electron chi connectivity index (χ4n) is 4.00. The first-order valence-electron chi connectivity index (χ1n) is 8.49. The van der Waals surface area contributed by atoms with Gasteiger partial charge >= 0.3 is 0 Å². The van der Waals surface area contributed by atoms with Crippen molar-refractivity contribution in [1.29, 1.82) is 0 Å². The Hall–Kier alpha value is -1.02. The van der Waals surface area contributed by atoms with Gasteiger partial charge in [0.1, 0.15) is 0 Å². The molecule has 1 aromatic carbocycles.